The highest BCUT2D eigenvalue weighted by molar-refractivity contribution is 6.28. The van der Waals surface area contributed by atoms with Gasteiger partial charge in [-0.15, -0.1) is 0 Å². The van der Waals surface area contributed by atoms with Crippen molar-refractivity contribution in [3.05, 3.63) is 47.8 Å². The van der Waals surface area contributed by atoms with Crippen molar-refractivity contribution < 1.29 is 0 Å². The Labute approximate surface area is 108 Å². The van der Waals surface area contributed by atoms with Gasteiger partial charge in [-0.3, -0.25) is 0 Å². The van der Waals surface area contributed by atoms with Crippen molar-refractivity contribution in [1.82, 2.24) is 19.9 Å². The molecule has 0 radical (unpaired) electrons. The Morgan fingerprint density at radius 2 is 2.11 bits per heavy atom. The zero-order valence-electron chi connectivity index (χ0n) is 9.39. The Morgan fingerprint density at radius 1 is 1.22 bits per heavy atom. The summed E-state index contributed by atoms with van der Waals surface area (Å²) in [7, 11) is 0. The van der Waals surface area contributed by atoms with E-state index < -0.39 is 0 Å². The molecule has 1 aromatic carbocycles. The normalized spacial score (nSPS) is 10.7. The smallest absolute Gasteiger partial charge is 0.224 e. The summed E-state index contributed by atoms with van der Waals surface area (Å²) in [4.78, 5) is 15.5. The predicted octanol–water partition coefficient (Wildman–Crippen LogP) is 2.62. The van der Waals surface area contributed by atoms with Crippen LogP contribution in [0.25, 0.3) is 10.9 Å². The fourth-order valence-electron chi connectivity index (χ4n) is 1.75. The molecule has 6 heteroatoms. The molecule has 0 bridgehead atoms. The van der Waals surface area contributed by atoms with Gasteiger partial charge in [0.15, 0.2) is 0 Å². The van der Waals surface area contributed by atoms with E-state index in [1.54, 1.807) is 12.4 Å². The highest BCUT2D eigenvalue weighted by Gasteiger charge is 2.06. The second-order valence-corrected chi connectivity index (χ2v) is 4.09. The van der Waals surface area contributed by atoms with Crippen molar-refractivity contribution in [2.75, 3.05) is 5.32 Å². The van der Waals surface area contributed by atoms with Crippen LogP contribution in [-0.2, 0) is 6.54 Å². The molecule has 0 unspecified atom stereocenters. The molecule has 0 saturated heterocycles. The minimum absolute atomic E-state index is 0.232. The third-order valence-electron chi connectivity index (χ3n) is 2.55. The summed E-state index contributed by atoms with van der Waals surface area (Å²) in [5.41, 5.74) is 0.819. The second-order valence-electron chi connectivity index (χ2n) is 3.75. The van der Waals surface area contributed by atoms with Gasteiger partial charge in [0.25, 0.3) is 0 Å². The topological polar surface area (TPSA) is 66.5 Å². The number of benzene rings is 1. The molecule has 0 atom stereocenters. The molecule has 0 amide bonds. The van der Waals surface area contributed by atoms with E-state index in [9.17, 15) is 0 Å². The van der Waals surface area contributed by atoms with Crippen molar-refractivity contribution in [1.29, 1.82) is 0 Å². The lowest BCUT2D eigenvalue weighted by Gasteiger charge is -2.07. The molecule has 2 heterocycles. The summed E-state index contributed by atoms with van der Waals surface area (Å²) in [6.45, 7) is 0.560. The van der Waals surface area contributed by atoms with Crippen LogP contribution in [0, 0.1) is 0 Å². The maximum atomic E-state index is 5.90. The summed E-state index contributed by atoms with van der Waals surface area (Å²) in [5, 5.41) is 4.37. The number of aromatic nitrogens is 4. The highest BCUT2D eigenvalue weighted by atomic mass is 35.5. The maximum Gasteiger partial charge on any atom is 0.224 e. The van der Waals surface area contributed by atoms with Gasteiger partial charge in [0.2, 0.25) is 5.28 Å². The van der Waals surface area contributed by atoms with Gasteiger partial charge in [-0.05, 0) is 23.7 Å². The van der Waals surface area contributed by atoms with Crippen molar-refractivity contribution >= 4 is 28.3 Å². The number of nitrogens with one attached hydrogen (secondary N) is 2. The molecule has 5 nitrogen and oxygen atoms in total. The predicted molar refractivity (Wildman–Crippen MR) is 70.5 cm³/mol. The molecule has 0 aliphatic rings. The van der Waals surface area contributed by atoms with Gasteiger partial charge in [0.05, 0.1) is 12.1 Å². The highest BCUT2D eigenvalue weighted by Crippen LogP contribution is 2.21. The molecule has 18 heavy (non-hydrogen) atoms. The monoisotopic (exact) mass is 259 g/mol. The molecule has 90 valence electrons. The fraction of sp³-hybridized carbons (Fsp3) is 0.0833. The van der Waals surface area contributed by atoms with Gasteiger partial charge in [-0.1, -0.05) is 12.1 Å². The third-order valence-corrected chi connectivity index (χ3v) is 2.72. The van der Waals surface area contributed by atoms with Gasteiger partial charge >= 0.3 is 0 Å². The first-order valence-corrected chi connectivity index (χ1v) is 5.85. The standard InChI is InChI=1S/C12H10ClN5/c13-12-17-9-4-2-1-3-8(9)11(18-12)16-7-10-14-5-6-15-10/h1-6H,7H2,(H,14,15)(H,16,17,18). The fourth-order valence-corrected chi connectivity index (χ4v) is 1.92. The van der Waals surface area contributed by atoms with E-state index in [4.69, 9.17) is 11.6 Å². The Balaban J connectivity index is 1.95. The van der Waals surface area contributed by atoms with Crippen LogP contribution < -0.4 is 5.32 Å². The number of para-hydroxylation sites is 1. The molecule has 2 N–H and O–H groups in total. The number of halogens is 1. The van der Waals surface area contributed by atoms with Crippen LogP contribution in [0.5, 0.6) is 0 Å². The Bertz CT molecular complexity index is 665. The zero-order valence-corrected chi connectivity index (χ0v) is 10.1. The summed E-state index contributed by atoms with van der Waals surface area (Å²) in [5.74, 6) is 1.55. The number of fused-ring (bicyclic) bond motifs is 1. The molecule has 0 aliphatic carbocycles. The van der Waals surface area contributed by atoms with E-state index in [0.29, 0.717) is 12.4 Å². The summed E-state index contributed by atoms with van der Waals surface area (Å²) in [6, 6.07) is 7.72. The third kappa shape index (κ3) is 2.12. The lowest BCUT2D eigenvalue weighted by atomic mass is 10.2. The van der Waals surface area contributed by atoms with Crippen LogP contribution in [0.2, 0.25) is 5.28 Å². The quantitative estimate of drug-likeness (QED) is 0.710. The van der Waals surface area contributed by atoms with Crippen LogP contribution >= 0.6 is 11.6 Å². The SMILES string of the molecule is Clc1nc(NCc2ncc[nH]2)c2ccccc2n1. The Morgan fingerprint density at radius 3 is 2.94 bits per heavy atom. The van der Waals surface area contributed by atoms with E-state index in [-0.39, 0.29) is 5.28 Å². The molecule has 3 rings (SSSR count). The molecule has 0 fully saturated rings. The van der Waals surface area contributed by atoms with Crippen LogP contribution in [-0.4, -0.2) is 19.9 Å². The maximum absolute atomic E-state index is 5.90. The average Bonchev–Trinajstić information content (AvgIpc) is 2.89. The number of hydrogen-bond acceptors (Lipinski definition) is 4. The first-order valence-electron chi connectivity index (χ1n) is 5.47. The van der Waals surface area contributed by atoms with E-state index in [1.165, 1.54) is 0 Å². The Hall–Kier alpha value is -2.14. The van der Waals surface area contributed by atoms with Gasteiger partial charge in [-0.25, -0.2) is 15.0 Å². The van der Waals surface area contributed by atoms with Gasteiger partial charge < -0.3 is 10.3 Å². The van der Waals surface area contributed by atoms with Crippen LogP contribution in [0.15, 0.2) is 36.7 Å². The molecule has 0 aliphatic heterocycles. The minimum atomic E-state index is 0.232. The molecule has 2 aromatic heterocycles. The first kappa shape index (κ1) is 11.0. The van der Waals surface area contributed by atoms with Gasteiger partial charge in [-0.2, -0.15) is 0 Å². The largest absolute Gasteiger partial charge is 0.362 e. The number of H-pyrrole nitrogens is 1. The van der Waals surface area contributed by atoms with Crippen molar-refractivity contribution in [3.8, 4) is 0 Å². The summed E-state index contributed by atoms with van der Waals surface area (Å²) >= 11 is 5.90. The van der Waals surface area contributed by atoms with E-state index in [0.717, 1.165) is 16.7 Å². The second kappa shape index (κ2) is 4.62. The van der Waals surface area contributed by atoms with E-state index in [1.807, 2.05) is 24.3 Å². The first-order chi connectivity index (χ1) is 8.83. The van der Waals surface area contributed by atoms with Gasteiger partial charge in [0.1, 0.15) is 11.6 Å². The van der Waals surface area contributed by atoms with Crippen molar-refractivity contribution in [2.45, 2.75) is 6.54 Å². The Kier molecular flexibility index (Phi) is 2.82. The lowest BCUT2D eigenvalue weighted by Crippen LogP contribution is -2.04. The average molecular weight is 260 g/mol. The number of rotatable bonds is 3. The van der Waals surface area contributed by atoms with E-state index >= 15 is 0 Å². The summed E-state index contributed by atoms with van der Waals surface area (Å²) < 4.78 is 0. The number of imidazole rings is 1. The van der Waals surface area contributed by atoms with Crippen molar-refractivity contribution in [3.63, 3.8) is 0 Å². The molecule has 0 spiro atoms. The lowest BCUT2D eigenvalue weighted by molar-refractivity contribution is 0.988. The zero-order chi connectivity index (χ0) is 12.4. The van der Waals surface area contributed by atoms with Gasteiger partial charge in [0, 0.05) is 17.8 Å². The molecule has 3 aromatic rings. The molecular formula is C12H10ClN5. The summed E-state index contributed by atoms with van der Waals surface area (Å²) in [6.07, 6.45) is 3.49. The number of nitrogens with zero attached hydrogens (tertiary/aromatic N) is 3. The minimum Gasteiger partial charge on any atom is -0.362 e. The van der Waals surface area contributed by atoms with Crippen molar-refractivity contribution in [2.24, 2.45) is 0 Å². The van der Waals surface area contributed by atoms with Crippen LogP contribution in [0.3, 0.4) is 0 Å². The van der Waals surface area contributed by atoms with Crippen LogP contribution in [0.1, 0.15) is 5.82 Å². The number of aromatic amines is 1. The number of anilines is 1. The van der Waals surface area contributed by atoms with E-state index in [2.05, 4.69) is 25.3 Å². The molecular weight excluding hydrogens is 250 g/mol. The van der Waals surface area contributed by atoms with Crippen LogP contribution in [0.4, 0.5) is 5.82 Å². The number of hydrogen-bond donors (Lipinski definition) is 2. The molecule has 0 saturated carbocycles.